The molecule has 6 nitrogen and oxygen atoms in total. The topological polar surface area (TPSA) is 62.2 Å². The Kier molecular flexibility index (Phi) is 7.20. The Balaban J connectivity index is 0.00000272. The number of hydrogen-bond acceptors (Lipinski definition) is 6. The van der Waals surface area contributed by atoms with Crippen LogP contribution in [0, 0.1) is 13.8 Å². The summed E-state index contributed by atoms with van der Waals surface area (Å²) < 4.78 is 1.13. The largest absolute Gasteiger partial charge is 0.309 e. The second-order valence-corrected chi connectivity index (χ2v) is 8.78. The molecule has 31 heavy (non-hydrogen) atoms. The van der Waals surface area contributed by atoms with Crippen LogP contribution in [-0.2, 0) is 0 Å². The molecule has 8 heteroatoms. The number of carbonyl (C=O) groups excluding carboxylic acids is 1. The van der Waals surface area contributed by atoms with E-state index < -0.39 is 0 Å². The van der Waals surface area contributed by atoms with E-state index in [2.05, 4.69) is 40.8 Å². The van der Waals surface area contributed by atoms with Crippen molar-refractivity contribution in [3.63, 3.8) is 0 Å². The Morgan fingerprint density at radius 2 is 1.71 bits per heavy atom. The van der Waals surface area contributed by atoms with Gasteiger partial charge in [-0.25, -0.2) is 4.98 Å². The van der Waals surface area contributed by atoms with Gasteiger partial charge in [-0.3, -0.25) is 19.7 Å². The van der Waals surface area contributed by atoms with Gasteiger partial charge in [-0.05, 0) is 76.3 Å². The van der Waals surface area contributed by atoms with Crippen LogP contribution in [0.15, 0.2) is 42.7 Å². The van der Waals surface area contributed by atoms with E-state index in [9.17, 15) is 4.79 Å². The maximum Gasteiger partial charge on any atom is 0.260 e. The van der Waals surface area contributed by atoms with Gasteiger partial charge >= 0.3 is 0 Å². The van der Waals surface area contributed by atoms with E-state index >= 15 is 0 Å². The number of anilines is 1. The van der Waals surface area contributed by atoms with E-state index in [1.807, 2.05) is 32.3 Å². The molecule has 0 bridgehead atoms. The fourth-order valence-corrected chi connectivity index (χ4v) is 4.60. The van der Waals surface area contributed by atoms with Crippen molar-refractivity contribution in [2.45, 2.75) is 20.3 Å². The smallest absolute Gasteiger partial charge is 0.260 e. The molecule has 2 aromatic heterocycles. The van der Waals surface area contributed by atoms with Gasteiger partial charge in [0.1, 0.15) is 0 Å². The molecule has 0 radical (unpaired) electrons. The van der Waals surface area contributed by atoms with Crippen LogP contribution in [0.1, 0.15) is 27.9 Å². The Morgan fingerprint density at radius 3 is 2.45 bits per heavy atom. The molecule has 0 spiro atoms. The van der Waals surface area contributed by atoms with Gasteiger partial charge in [0.25, 0.3) is 5.91 Å². The van der Waals surface area contributed by atoms with Gasteiger partial charge in [0.2, 0.25) is 0 Å². The van der Waals surface area contributed by atoms with Gasteiger partial charge in [-0.15, -0.1) is 12.4 Å². The molecule has 4 rings (SSSR count). The summed E-state index contributed by atoms with van der Waals surface area (Å²) in [5.41, 5.74) is 5.40. The minimum Gasteiger partial charge on any atom is -0.309 e. The Hall–Kier alpha value is -2.61. The zero-order valence-corrected chi connectivity index (χ0v) is 19.8. The maximum atomic E-state index is 13.5. The Bertz CT molecular complexity index is 1220. The van der Waals surface area contributed by atoms with Crippen molar-refractivity contribution in [3.05, 3.63) is 59.4 Å². The highest BCUT2D eigenvalue weighted by molar-refractivity contribution is 7.22. The molecule has 0 aliphatic heterocycles. The number of benzene rings is 2. The summed E-state index contributed by atoms with van der Waals surface area (Å²) in [7, 11) is 4.08. The van der Waals surface area contributed by atoms with E-state index in [1.54, 1.807) is 28.6 Å². The number of aryl methyl sites for hydroxylation is 2. The molecule has 0 aliphatic carbocycles. The lowest BCUT2D eigenvalue weighted by molar-refractivity contribution is 0.0986. The number of carbonyl (C=O) groups is 1. The van der Waals surface area contributed by atoms with Crippen molar-refractivity contribution in [1.29, 1.82) is 0 Å². The van der Waals surface area contributed by atoms with Crippen LogP contribution in [-0.4, -0.2) is 52.9 Å². The van der Waals surface area contributed by atoms with Crippen LogP contribution in [0.3, 0.4) is 0 Å². The fraction of sp³-hybridized carbons (Fsp3) is 0.304. The third-order valence-electron chi connectivity index (χ3n) is 4.99. The van der Waals surface area contributed by atoms with Crippen LogP contribution in [0.2, 0.25) is 0 Å². The summed E-state index contributed by atoms with van der Waals surface area (Å²) in [6.45, 7) is 5.67. The lowest BCUT2D eigenvalue weighted by Gasteiger charge is -2.21. The first-order chi connectivity index (χ1) is 14.4. The number of thiazole rings is 1. The highest BCUT2D eigenvalue weighted by atomic mass is 35.5. The van der Waals surface area contributed by atoms with E-state index in [-0.39, 0.29) is 18.3 Å². The molecule has 0 aliphatic rings. The molecule has 4 aromatic rings. The summed E-state index contributed by atoms with van der Waals surface area (Å²) in [6, 6.07) is 9.72. The quantitative estimate of drug-likeness (QED) is 0.414. The molecule has 0 N–H and O–H groups in total. The van der Waals surface area contributed by atoms with Crippen molar-refractivity contribution >= 4 is 56.0 Å². The molecule has 0 saturated carbocycles. The van der Waals surface area contributed by atoms with Gasteiger partial charge in [0.15, 0.2) is 5.13 Å². The summed E-state index contributed by atoms with van der Waals surface area (Å²) >= 11 is 1.58. The monoisotopic (exact) mass is 455 g/mol. The van der Waals surface area contributed by atoms with Crippen molar-refractivity contribution in [3.8, 4) is 0 Å². The first-order valence-corrected chi connectivity index (χ1v) is 10.8. The molecular weight excluding hydrogens is 430 g/mol. The van der Waals surface area contributed by atoms with Crippen LogP contribution < -0.4 is 4.90 Å². The molecule has 0 fully saturated rings. The summed E-state index contributed by atoms with van der Waals surface area (Å²) in [5, 5.41) is 0.738. The van der Waals surface area contributed by atoms with E-state index in [4.69, 9.17) is 4.98 Å². The van der Waals surface area contributed by atoms with E-state index in [0.29, 0.717) is 17.6 Å². The molecule has 0 unspecified atom stereocenters. The minimum absolute atomic E-state index is 0. The standard InChI is InChI=1S/C23H25N5OS.ClH/c1-15-12-16(2)21-20(13-15)26-23(30-21)28(11-5-10-27(3)4)22(29)17-6-7-18-19(14-17)25-9-8-24-18;/h6-9,12-14H,5,10-11H2,1-4H3;1H. The van der Waals surface area contributed by atoms with E-state index in [1.165, 1.54) is 11.1 Å². The average molecular weight is 456 g/mol. The SMILES string of the molecule is Cc1cc(C)c2sc(N(CCCN(C)C)C(=O)c3ccc4nccnc4c3)nc2c1.Cl. The molecular formula is C23H26ClN5OS. The first-order valence-electron chi connectivity index (χ1n) is 9.97. The van der Waals surface area contributed by atoms with Crippen LogP contribution >= 0.6 is 23.7 Å². The number of halogens is 1. The number of hydrogen-bond donors (Lipinski definition) is 0. The number of fused-ring (bicyclic) bond motifs is 2. The predicted octanol–water partition coefficient (Wildman–Crippen LogP) is 4.88. The highest BCUT2D eigenvalue weighted by Gasteiger charge is 2.22. The van der Waals surface area contributed by atoms with Crippen LogP contribution in [0.4, 0.5) is 5.13 Å². The summed E-state index contributed by atoms with van der Waals surface area (Å²) in [4.78, 5) is 30.9. The van der Waals surface area contributed by atoms with E-state index in [0.717, 1.165) is 33.8 Å². The number of rotatable bonds is 6. The molecule has 0 atom stereocenters. The molecule has 2 aromatic carbocycles. The van der Waals surface area contributed by atoms with Gasteiger partial charge < -0.3 is 4.90 Å². The Morgan fingerprint density at radius 1 is 0.968 bits per heavy atom. The highest BCUT2D eigenvalue weighted by Crippen LogP contribution is 2.33. The van der Waals surface area contributed by atoms with Crippen LogP contribution in [0.25, 0.3) is 21.3 Å². The number of amides is 1. The van der Waals surface area contributed by atoms with Crippen molar-refractivity contribution < 1.29 is 4.79 Å². The maximum absolute atomic E-state index is 13.5. The lowest BCUT2D eigenvalue weighted by atomic mass is 10.1. The van der Waals surface area contributed by atoms with Crippen molar-refractivity contribution in [2.24, 2.45) is 0 Å². The van der Waals surface area contributed by atoms with Gasteiger partial charge in [0.05, 0.1) is 21.3 Å². The van der Waals surface area contributed by atoms with Gasteiger partial charge in [-0.1, -0.05) is 17.4 Å². The third-order valence-corrected chi connectivity index (χ3v) is 6.22. The Labute approximate surface area is 192 Å². The number of nitrogens with zero attached hydrogens (tertiary/aromatic N) is 5. The van der Waals surface area contributed by atoms with Crippen LogP contribution in [0.5, 0.6) is 0 Å². The first kappa shape index (κ1) is 23.1. The number of aromatic nitrogens is 3. The zero-order valence-electron chi connectivity index (χ0n) is 18.1. The van der Waals surface area contributed by atoms with Crippen molar-refractivity contribution in [1.82, 2.24) is 19.9 Å². The van der Waals surface area contributed by atoms with Gasteiger partial charge in [0, 0.05) is 24.5 Å². The third kappa shape index (κ3) is 5.01. The molecule has 2 heterocycles. The second-order valence-electron chi connectivity index (χ2n) is 7.80. The fourth-order valence-electron chi connectivity index (χ4n) is 3.56. The summed E-state index contributed by atoms with van der Waals surface area (Å²) in [6.07, 6.45) is 4.16. The van der Waals surface area contributed by atoms with Crippen molar-refractivity contribution in [2.75, 3.05) is 32.1 Å². The normalized spacial score (nSPS) is 11.1. The summed E-state index contributed by atoms with van der Waals surface area (Å²) in [5.74, 6) is -0.0604. The molecule has 1 amide bonds. The average Bonchev–Trinajstić information content (AvgIpc) is 3.14. The zero-order chi connectivity index (χ0) is 21.3. The predicted molar refractivity (Wildman–Crippen MR) is 131 cm³/mol. The van der Waals surface area contributed by atoms with Gasteiger partial charge in [-0.2, -0.15) is 0 Å². The molecule has 162 valence electrons. The second kappa shape index (κ2) is 9.68. The lowest BCUT2D eigenvalue weighted by Crippen LogP contribution is -2.33. The minimum atomic E-state index is -0.0604. The molecule has 0 saturated heterocycles.